The van der Waals surface area contributed by atoms with Crippen molar-refractivity contribution < 1.29 is 4.79 Å². The second-order valence-corrected chi connectivity index (χ2v) is 8.83. The lowest BCUT2D eigenvalue weighted by Gasteiger charge is -2.42. The van der Waals surface area contributed by atoms with Gasteiger partial charge in [-0.3, -0.25) is 4.79 Å². The minimum absolute atomic E-state index is 0. The van der Waals surface area contributed by atoms with Gasteiger partial charge >= 0.3 is 0 Å². The number of carbonyl (C=O) groups excluding carboxylic acids is 1. The summed E-state index contributed by atoms with van der Waals surface area (Å²) in [6, 6.07) is 3.91. The number of nitrogens with zero attached hydrogens (tertiary/aromatic N) is 2. The Morgan fingerprint density at radius 3 is 2.71 bits per heavy atom. The van der Waals surface area contributed by atoms with Gasteiger partial charge in [0.15, 0.2) is 0 Å². The maximum absolute atomic E-state index is 12.7. The molecule has 0 aliphatic carbocycles. The second kappa shape index (κ2) is 8.34. The van der Waals surface area contributed by atoms with Crippen LogP contribution in [-0.2, 0) is 0 Å². The van der Waals surface area contributed by atoms with Gasteiger partial charge in [0, 0.05) is 24.5 Å². The number of likely N-dealkylation sites (tertiary alicyclic amines) is 1. The first-order valence-corrected chi connectivity index (χ1v) is 9.20. The first kappa shape index (κ1) is 21.7. The lowest BCUT2D eigenvalue weighted by molar-refractivity contribution is 0.0528. The van der Waals surface area contributed by atoms with E-state index in [0.29, 0.717) is 18.8 Å². The average molecular weight is 429 g/mol. The summed E-state index contributed by atoms with van der Waals surface area (Å²) in [7, 11) is 0. The van der Waals surface area contributed by atoms with Crippen molar-refractivity contribution >= 4 is 65.0 Å². The SMILES string of the molecule is CC1(C)CN(C(=O)c2csc(-c3ccc(Cl)s3)n2)CCC1N.Cl.Cl. The normalized spacial score (nSPS) is 19.3. The summed E-state index contributed by atoms with van der Waals surface area (Å²) in [6.07, 6.45) is 0.830. The number of hydrogen-bond acceptors (Lipinski definition) is 5. The molecule has 1 saturated heterocycles. The van der Waals surface area contributed by atoms with Crippen LogP contribution in [0.15, 0.2) is 17.5 Å². The fourth-order valence-corrected chi connectivity index (χ4v) is 4.53. The maximum atomic E-state index is 12.7. The molecule has 3 heterocycles. The van der Waals surface area contributed by atoms with Gasteiger partial charge in [0.1, 0.15) is 10.7 Å². The van der Waals surface area contributed by atoms with Crippen molar-refractivity contribution in [3.8, 4) is 9.88 Å². The summed E-state index contributed by atoms with van der Waals surface area (Å²) in [4.78, 5) is 20.0. The van der Waals surface area contributed by atoms with E-state index in [2.05, 4.69) is 18.8 Å². The van der Waals surface area contributed by atoms with E-state index in [1.165, 1.54) is 22.7 Å². The van der Waals surface area contributed by atoms with E-state index < -0.39 is 0 Å². The van der Waals surface area contributed by atoms with Crippen LogP contribution >= 0.6 is 59.1 Å². The van der Waals surface area contributed by atoms with E-state index >= 15 is 0 Å². The standard InChI is InChI=1S/C15H18ClN3OS2.2ClH/c1-15(2)8-19(6-5-11(15)17)14(20)9-7-21-13(18-9)10-3-4-12(16)22-10;;/h3-4,7,11H,5-6,8,17H2,1-2H3;2*1H. The second-order valence-electron chi connectivity index (χ2n) is 6.25. The zero-order valence-corrected chi connectivity index (χ0v) is 17.3. The molecule has 2 N–H and O–H groups in total. The molecule has 0 radical (unpaired) electrons. The molecule has 134 valence electrons. The highest BCUT2D eigenvalue weighted by atomic mass is 35.5. The predicted octanol–water partition coefficient (Wildman–Crippen LogP) is 4.57. The zero-order chi connectivity index (χ0) is 15.9. The molecule has 1 aliphatic heterocycles. The quantitative estimate of drug-likeness (QED) is 0.762. The van der Waals surface area contributed by atoms with Crippen molar-refractivity contribution in [3.05, 3.63) is 27.5 Å². The van der Waals surface area contributed by atoms with Gasteiger partial charge in [0.05, 0.1) is 9.21 Å². The smallest absolute Gasteiger partial charge is 0.273 e. The van der Waals surface area contributed by atoms with Crippen molar-refractivity contribution in [1.82, 2.24) is 9.88 Å². The molecule has 1 fully saturated rings. The van der Waals surface area contributed by atoms with Gasteiger partial charge in [-0.15, -0.1) is 47.5 Å². The number of halogens is 3. The lowest BCUT2D eigenvalue weighted by Crippen LogP contribution is -2.54. The summed E-state index contributed by atoms with van der Waals surface area (Å²) in [5.74, 6) is -0.00914. The highest BCUT2D eigenvalue weighted by molar-refractivity contribution is 7.23. The number of hydrogen-bond donors (Lipinski definition) is 1. The van der Waals surface area contributed by atoms with Gasteiger partial charge in [-0.25, -0.2) is 4.98 Å². The third-order valence-corrected chi connectivity index (χ3v) is 6.35. The lowest BCUT2D eigenvalue weighted by atomic mass is 9.79. The van der Waals surface area contributed by atoms with Gasteiger partial charge < -0.3 is 10.6 Å². The van der Waals surface area contributed by atoms with Crippen LogP contribution in [0.25, 0.3) is 9.88 Å². The van der Waals surface area contributed by atoms with E-state index in [1.807, 2.05) is 22.4 Å². The van der Waals surface area contributed by atoms with Crippen LogP contribution in [0.3, 0.4) is 0 Å². The molecule has 1 aliphatic rings. The number of nitrogens with two attached hydrogens (primary N) is 1. The molecular formula is C15H20Cl3N3OS2. The number of piperidine rings is 1. The van der Waals surface area contributed by atoms with Crippen LogP contribution in [-0.4, -0.2) is 34.9 Å². The van der Waals surface area contributed by atoms with E-state index in [1.54, 1.807) is 0 Å². The van der Waals surface area contributed by atoms with Crippen molar-refractivity contribution in [3.63, 3.8) is 0 Å². The summed E-state index contributed by atoms with van der Waals surface area (Å²) in [5, 5.41) is 2.67. The number of thiophene rings is 1. The number of carbonyl (C=O) groups is 1. The Bertz CT molecular complexity index is 702. The third kappa shape index (κ3) is 4.42. The molecule has 1 atom stereocenters. The molecule has 0 spiro atoms. The molecule has 4 nitrogen and oxygen atoms in total. The monoisotopic (exact) mass is 427 g/mol. The van der Waals surface area contributed by atoms with Crippen molar-refractivity contribution in [2.24, 2.45) is 11.1 Å². The summed E-state index contributed by atoms with van der Waals surface area (Å²) < 4.78 is 0.727. The van der Waals surface area contributed by atoms with Gasteiger partial charge in [-0.05, 0) is 24.0 Å². The molecule has 1 unspecified atom stereocenters. The molecule has 9 heteroatoms. The topological polar surface area (TPSA) is 59.2 Å². The maximum Gasteiger partial charge on any atom is 0.273 e. The molecule has 2 aromatic rings. The molecule has 0 aromatic carbocycles. The summed E-state index contributed by atoms with van der Waals surface area (Å²) in [5.41, 5.74) is 6.58. The molecule has 0 bridgehead atoms. The van der Waals surface area contributed by atoms with Gasteiger partial charge in [0.25, 0.3) is 5.91 Å². The fourth-order valence-electron chi connectivity index (χ4n) is 2.62. The molecule has 1 amide bonds. The largest absolute Gasteiger partial charge is 0.337 e. The van der Waals surface area contributed by atoms with Crippen LogP contribution in [0, 0.1) is 5.41 Å². The van der Waals surface area contributed by atoms with E-state index in [9.17, 15) is 4.79 Å². The van der Waals surface area contributed by atoms with Crippen LogP contribution in [0.4, 0.5) is 0 Å². The summed E-state index contributed by atoms with van der Waals surface area (Å²) in [6.45, 7) is 5.58. The Morgan fingerprint density at radius 1 is 1.42 bits per heavy atom. The number of amides is 1. The minimum atomic E-state index is -0.0615. The highest BCUT2D eigenvalue weighted by Gasteiger charge is 2.36. The Morgan fingerprint density at radius 2 is 2.12 bits per heavy atom. The Balaban J connectivity index is 0.00000144. The highest BCUT2D eigenvalue weighted by Crippen LogP contribution is 2.34. The van der Waals surface area contributed by atoms with Crippen LogP contribution in [0.2, 0.25) is 4.34 Å². The molecule has 0 saturated carbocycles. The number of thiazole rings is 1. The van der Waals surface area contributed by atoms with Crippen molar-refractivity contribution in [2.75, 3.05) is 13.1 Å². The van der Waals surface area contributed by atoms with Gasteiger partial charge in [0.2, 0.25) is 0 Å². The first-order valence-electron chi connectivity index (χ1n) is 7.13. The third-order valence-electron chi connectivity index (χ3n) is 4.11. The molecule has 24 heavy (non-hydrogen) atoms. The average Bonchev–Trinajstić information content (AvgIpc) is 3.09. The van der Waals surface area contributed by atoms with E-state index in [4.69, 9.17) is 17.3 Å². The number of rotatable bonds is 2. The van der Waals surface area contributed by atoms with Crippen molar-refractivity contribution in [1.29, 1.82) is 0 Å². The van der Waals surface area contributed by atoms with Gasteiger partial charge in [-0.2, -0.15) is 0 Å². The van der Waals surface area contributed by atoms with Crippen LogP contribution < -0.4 is 5.73 Å². The van der Waals surface area contributed by atoms with Gasteiger partial charge in [-0.1, -0.05) is 25.4 Å². The zero-order valence-electron chi connectivity index (χ0n) is 13.3. The Kier molecular flexibility index (Phi) is 7.53. The van der Waals surface area contributed by atoms with Crippen LogP contribution in [0.1, 0.15) is 30.8 Å². The fraction of sp³-hybridized carbons (Fsp3) is 0.467. The van der Waals surface area contributed by atoms with E-state index in [0.717, 1.165) is 20.6 Å². The van der Waals surface area contributed by atoms with Crippen LogP contribution in [0.5, 0.6) is 0 Å². The number of aromatic nitrogens is 1. The molecule has 3 rings (SSSR count). The molecule has 2 aromatic heterocycles. The first-order chi connectivity index (χ1) is 10.4. The van der Waals surface area contributed by atoms with E-state index in [-0.39, 0.29) is 42.2 Å². The Labute approximate surface area is 167 Å². The predicted molar refractivity (Wildman–Crippen MR) is 107 cm³/mol. The minimum Gasteiger partial charge on any atom is -0.337 e. The summed E-state index contributed by atoms with van der Waals surface area (Å²) >= 11 is 8.91. The molecular weight excluding hydrogens is 409 g/mol. The van der Waals surface area contributed by atoms with Crippen molar-refractivity contribution in [2.45, 2.75) is 26.3 Å². The Hall–Kier alpha value is -0.370.